The molecule has 4 atom stereocenters. The van der Waals surface area contributed by atoms with Gasteiger partial charge in [-0.25, -0.2) is 10.4 Å². The highest BCUT2D eigenvalue weighted by Gasteiger charge is 2.44. The van der Waals surface area contributed by atoms with Crippen molar-refractivity contribution in [3.8, 4) is 5.88 Å². The van der Waals surface area contributed by atoms with E-state index in [1.54, 1.807) is 6.20 Å². The monoisotopic (exact) mass is 439 g/mol. The highest BCUT2D eigenvalue weighted by molar-refractivity contribution is 5.95. The molecule has 3 fully saturated rings. The lowest BCUT2D eigenvalue weighted by molar-refractivity contribution is -0.119. The van der Waals surface area contributed by atoms with E-state index in [0.29, 0.717) is 23.5 Å². The van der Waals surface area contributed by atoms with Gasteiger partial charge >= 0.3 is 0 Å². The van der Waals surface area contributed by atoms with E-state index in [1.165, 1.54) is 5.56 Å². The second-order valence-electron chi connectivity index (χ2n) is 9.49. The molecule has 1 saturated carbocycles. The number of hydrogen-bond donors (Lipinski definition) is 3. The standard InChI is InChI=1S/C23H33N7O2/c1-29-9-7-18(8-10-29)32-21-6-4-17(13-24-21)26-23(31)22-19-11-15(3-5-20(19)27-28-22)16-12-25-30(2)14-16/h4,6,12-15,18-20,22,27-28H,3,5,7-11H2,1-2H3,(H,26,31). The first-order chi connectivity index (χ1) is 15.5. The zero-order chi connectivity index (χ0) is 22.1. The summed E-state index contributed by atoms with van der Waals surface area (Å²) in [5, 5.41) is 7.35. The molecular weight excluding hydrogens is 406 g/mol. The van der Waals surface area contributed by atoms with E-state index >= 15 is 0 Å². The van der Waals surface area contributed by atoms with Gasteiger partial charge in [-0.1, -0.05) is 0 Å². The van der Waals surface area contributed by atoms with Gasteiger partial charge in [-0.3, -0.25) is 14.9 Å². The zero-order valence-electron chi connectivity index (χ0n) is 18.8. The van der Waals surface area contributed by atoms with E-state index in [4.69, 9.17) is 4.74 Å². The number of ether oxygens (including phenoxy) is 1. The summed E-state index contributed by atoms with van der Waals surface area (Å²) in [7, 11) is 4.08. The Morgan fingerprint density at radius 2 is 1.97 bits per heavy atom. The van der Waals surface area contributed by atoms with Gasteiger partial charge in [0, 0.05) is 44.4 Å². The average molecular weight is 440 g/mol. The number of hydrazine groups is 1. The highest BCUT2D eigenvalue weighted by Crippen LogP contribution is 2.39. The van der Waals surface area contributed by atoms with Crippen molar-refractivity contribution in [3.05, 3.63) is 36.3 Å². The van der Waals surface area contributed by atoms with E-state index in [-0.39, 0.29) is 24.0 Å². The maximum atomic E-state index is 13.1. The first kappa shape index (κ1) is 21.4. The summed E-state index contributed by atoms with van der Waals surface area (Å²) >= 11 is 0. The Labute approximate surface area is 188 Å². The fraction of sp³-hybridized carbons (Fsp3) is 0.609. The number of amides is 1. The lowest BCUT2D eigenvalue weighted by Gasteiger charge is -2.32. The molecule has 2 aliphatic heterocycles. The first-order valence-corrected chi connectivity index (χ1v) is 11.7. The van der Waals surface area contributed by atoms with Crippen molar-refractivity contribution in [1.29, 1.82) is 0 Å². The van der Waals surface area contributed by atoms with E-state index in [1.807, 2.05) is 30.1 Å². The molecule has 9 nitrogen and oxygen atoms in total. The van der Waals surface area contributed by atoms with Crippen LogP contribution in [-0.4, -0.2) is 63.9 Å². The third-order valence-corrected chi connectivity index (χ3v) is 7.19. The van der Waals surface area contributed by atoms with Gasteiger partial charge in [-0.2, -0.15) is 5.10 Å². The quantitative estimate of drug-likeness (QED) is 0.652. The van der Waals surface area contributed by atoms with Crippen molar-refractivity contribution in [2.24, 2.45) is 13.0 Å². The van der Waals surface area contributed by atoms with Crippen LogP contribution in [0.2, 0.25) is 0 Å². The number of aromatic nitrogens is 3. The predicted octanol–water partition coefficient (Wildman–Crippen LogP) is 1.66. The topological polar surface area (TPSA) is 96.3 Å². The molecule has 0 aromatic carbocycles. The lowest BCUT2D eigenvalue weighted by atomic mass is 9.74. The SMILES string of the molecule is CN1CCC(Oc2ccc(NC(=O)C3NNC4CCC(c5cnn(C)c5)CC43)cn2)CC1. The maximum Gasteiger partial charge on any atom is 0.243 e. The number of carbonyl (C=O) groups is 1. The van der Waals surface area contributed by atoms with Crippen LogP contribution in [0.15, 0.2) is 30.7 Å². The molecule has 1 aliphatic carbocycles. The third-order valence-electron chi connectivity index (χ3n) is 7.19. The fourth-order valence-electron chi connectivity index (χ4n) is 5.29. The van der Waals surface area contributed by atoms with Crippen LogP contribution in [0.3, 0.4) is 0 Å². The van der Waals surface area contributed by atoms with E-state index in [9.17, 15) is 4.79 Å². The molecule has 1 amide bonds. The van der Waals surface area contributed by atoms with Gasteiger partial charge in [0.2, 0.25) is 11.8 Å². The Kier molecular flexibility index (Phi) is 6.12. The Hall–Kier alpha value is -2.49. The van der Waals surface area contributed by atoms with Crippen molar-refractivity contribution in [1.82, 2.24) is 30.5 Å². The number of piperidine rings is 1. The van der Waals surface area contributed by atoms with Crippen molar-refractivity contribution in [2.45, 2.75) is 56.2 Å². The third kappa shape index (κ3) is 4.65. The summed E-state index contributed by atoms with van der Waals surface area (Å²) < 4.78 is 7.86. The van der Waals surface area contributed by atoms with Crippen molar-refractivity contribution >= 4 is 11.6 Å². The Morgan fingerprint density at radius 3 is 2.69 bits per heavy atom. The summed E-state index contributed by atoms with van der Waals surface area (Å²) in [5.74, 6) is 1.28. The van der Waals surface area contributed by atoms with Crippen LogP contribution in [-0.2, 0) is 11.8 Å². The van der Waals surface area contributed by atoms with E-state index < -0.39 is 0 Å². The summed E-state index contributed by atoms with van der Waals surface area (Å²) in [4.78, 5) is 19.8. The molecule has 9 heteroatoms. The number of nitrogens with one attached hydrogen (secondary N) is 3. The van der Waals surface area contributed by atoms with Gasteiger partial charge in [-0.15, -0.1) is 0 Å². The van der Waals surface area contributed by atoms with E-state index in [0.717, 1.165) is 45.2 Å². The molecule has 3 aliphatic rings. The van der Waals surface area contributed by atoms with Crippen LogP contribution < -0.4 is 20.9 Å². The van der Waals surface area contributed by atoms with Gasteiger partial charge in [0.05, 0.1) is 18.1 Å². The Morgan fingerprint density at radius 1 is 1.12 bits per heavy atom. The molecule has 2 saturated heterocycles. The Bertz CT molecular complexity index is 923. The van der Waals surface area contributed by atoms with Gasteiger partial charge in [-0.05, 0) is 56.7 Å². The zero-order valence-corrected chi connectivity index (χ0v) is 18.8. The molecule has 5 rings (SSSR count). The molecule has 2 aromatic heterocycles. The van der Waals surface area contributed by atoms with Crippen LogP contribution in [0.5, 0.6) is 5.88 Å². The summed E-state index contributed by atoms with van der Waals surface area (Å²) in [5.41, 5.74) is 8.53. The number of anilines is 1. The van der Waals surface area contributed by atoms with Gasteiger partial charge < -0.3 is 15.0 Å². The van der Waals surface area contributed by atoms with Crippen LogP contribution in [0.4, 0.5) is 5.69 Å². The smallest absolute Gasteiger partial charge is 0.243 e. The van der Waals surface area contributed by atoms with Crippen molar-refractivity contribution < 1.29 is 9.53 Å². The number of hydrogen-bond acceptors (Lipinski definition) is 7. The molecule has 0 spiro atoms. The largest absolute Gasteiger partial charge is 0.474 e. The fourth-order valence-corrected chi connectivity index (χ4v) is 5.29. The molecule has 2 aromatic rings. The normalized spacial score (nSPS) is 28.9. The second-order valence-corrected chi connectivity index (χ2v) is 9.49. The van der Waals surface area contributed by atoms with Gasteiger partial charge in [0.1, 0.15) is 12.1 Å². The molecule has 4 heterocycles. The molecule has 0 bridgehead atoms. The van der Waals surface area contributed by atoms with Crippen LogP contribution in [0.1, 0.15) is 43.6 Å². The minimum absolute atomic E-state index is 0.0253. The maximum absolute atomic E-state index is 13.1. The van der Waals surface area contributed by atoms with E-state index in [2.05, 4.69) is 44.4 Å². The molecule has 0 radical (unpaired) electrons. The van der Waals surface area contributed by atoms with Crippen molar-refractivity contribution in [3.63, 3.8) is 0 Å². The Balaban J connectivity index is 1.17. The van der Waals surface area contributed by atoms with Gasteiger partial charge in [0.25, 0.3) is 0 Å². The minimum atomic E-state index is -0.269. The number of rotatable bonds is 5. The van der Waals surface area contributed by atoms with Crippen LogP contribution in [0, 0.1) is 5.92 Å². The summed E-state index contributed by atoms with van der Waals surface area (Å²) in [6.45, 7) is 2.09. The second kappa shape index (κ2) is 9.17. The predicted molar refractivity (Wildman–Crippen MR) is 121 cm³/mol. The van der Waals surface area contributed by atoms with Crippen LogP contribution in [0.25, 0.3) is 0 Å². The number of likely N-dealkylation sites (tertiary alicyclic amines) is 1. The lowest BCUT2D eigenvalue weighted by Crippen LogP contribution is -2.42. The highest BCUT2D eigenvalue weighted by atomic mass is 16.5. The van der Waals surface area contributed by atoms with Crippen molar-refractivity contribution in [2.75, 3.05) is 25.5 Å². The number of fused-ring (bicyclic) bond motifs is 1. The first-order valence-electron chi connectivity index (χ1n) is 11.7. The molecule has 3 N–H and O–H groups in total. The molecule has 4 unspecified atom stereocenters. The number of pyridine rings is 1. The van der Waals surface area contributed by atoms with Gasteiger partial charge in [0.15, 0.2) is 0 Å². The molecular formula is C23H33N7O2. The summed E-state index contributed by atoms with van der Waals surface area (Å²) in [6, 6.07) is 3.77. The molecule has 32 heavy (non-hydrogen) atoms. The number of aryl methyl sites for hydroxylation is 1. The molecule has 172 valence electrons. The van der Waals surface area contributed by atoms with Crippen LogP contribution >= 0.6 is 0 Å². The summed E-state index contributed by atoms with van der Waals surface area (Å²) in [6.07, 6.45) is 11.1. The number of nitrogens with zero attached hydrogens (tertiary/aromatic N) is 4. The number of carbonyl (C=O) groups excluding carboxylic acids is 1. The average Bonchev–Trinajstić information content (AvgIpc) is 3.42. The minimum Gasteiger partial charge on any atom is -0.474 e.